The van der Waals surface area contributed by atoms with Crippen molar-refractivity contribution in [3.05, 3.63) is 12.0 Å². The molecule has 0 radical (unpaired) electrons. The second-order valence-electron chi connectivity index (χ2n) is 4.27. The van der Waals surface area contributed by atoms with Gasteiger partial charge in [0, 0.05) is 19.7 Å². The topological polar surface area (TPSA) is 59.1 Å². The SMILES string of the molecule is CCNc1ncc(F)c(NCCC2CCCO2)n1. The lowest BCUT2D eigenvalue weighted by molar-refractivity contribution is 0.107. The fraction of sp³-hybridized carbons (Fsp3) is 0.667. The summed E-state index contributed by atoms with van der Waals surface area (Å²) in [6.45, 7) is 4.15. The third-order valence-corrected chi connectivity index (χ3v) is 2.86. The number of nitrogens with zero attached hydrogens (tertiary/aromatic N) is 2. The van der Waals surface area contributed by atoms with Crippen LogP contribution in [0.3, 0.4) is 0 Å². The molecule has 100 valence electrons. The van der Waals surface area contributed by atoms with E-state index in [1.807, 2.05) is 6.92 Å². The number of ether oxygens (including phenoxy) is 1. The molecule has 0 bridgehead atoms. The second kappa shape index (κ2) is 6.49. The van der Waals surface area contributed by atoms with Gasteiger partial charge >= 0.3 is 0 Å². The third-order valence-electron chi connectivity index (χ3n) is 2.86. The molecule has 0 amide bonds. The lowest BCUT2D eigenvalue weighted by Gasteiger charge is -2.11. The molecule has 0 saturated carbocycles. The van der Waals surface area contributed by atoms with Crippen LogP contribution in [0.2, 0.25) is 0 Å². The van der Waals surface area contributed by atoms with Crippen LogP contribution in [0, 0.1) is 5.82 Å². The Labute approximate surface area is 106 Å². The summed E-state index contributed by atoms with van der Waals surface area (Å²) in [6, 6.07) is 0. The zero-order valence-corrected chi connectivity index (χ0v) is 10.6. The lowest BCUT2D eigenvalue weighted by Crippen LogP contribution is -2.14. The van der Waals surface area contributed by atoms with Crippen LogP contribution in [0.15, 0.2) is 6.20 Å². The maximum atomic E-state index is 13.5. The molecule has 1 aromatic rings. The average molecular weight is 254 g/mol. The molecule has 5 nitrogen and oxygen atoms in total. The number of nitrogens with one attached hydrogen (secondary N) is 2. The first-order chi connectivity index (χ1) is 8.79. The Hall–Kier alpha value is -1.43. The molecule has 2 N–H and O–H groups in total. The van der Waals surface area contributed by atoms with E-state index < -0.39 is 5.82 Å². The third kappa shape index (κ3) is 3.53. The van der Waals surface area contributed by atoms with Crippen molar-refractivity contribution >= 4 is 11.8 Å². The first kappa shape index (κ1) is 13.0. The Balaban J connectivity index is 1.85. The molecule has 18 heavy (non-hydrogen) atoms. The standard InChI is InChI=1S/C12H19FN4O/c1-2-14-12-16-8-10(13)11(17-12)15-6-5-9-4-3-7-18-9/h8-9H,2-7H2,1H3,(H2,14,15,16,17). The summed E-state index contributed by atoms with van der Waals surface area (Å²) in [5.41, 5.74) is 0. The van der Waals surface area contributed by atoms with Crippen LogP contribution in [0.1, 0.15) is 26.2 Å². The fourth-order valence-corrected chi connectivity index (χ4v) is 1.96. The number of anilines is 2. The summed E-state index contributed by atoms with van der Waals surface area (Å²) in [5.74, 6) is 0.265. The monoisotopic (exact) mass is 254 g/mol. The highest BCUT2D eigenvalue weighted by atomic mass is 19.1. The molecule has 6 heteroatoms. The van der Waals surface area contributed by atoms with Gasteiger partial charge in [0.05, 0.1) is 12.3 Å². The van der Waals surface area contributed by atoms with Crippen molar-refractivity contribution in [1.29, 1.82) is 0 Å². The van der Waals surface area contributed by atoms with Gasteiger partial charge in [-0.05, 0) is 26.2 Å². The van der Waals surface area contributed by atoms with Crippen molar-refractivity contribution < 1.29 is 9.13 Å². The molecule has 0 spiro atoms. The Kier molecular flexibility index (Phi) is 4.69. The van der Waals surface area contributed by atoms with Crippen molar-refractivity contribution in [3.63, 3.8) is 0 Å². The van der Waals surface area contributed by atoms with Gasteiger partial charge in [-0.15, -0.1) is 0 Å². The van der Waals surface area contributed by atoms with E-state index in [1.165, 1.54) is 6.20 Å². The highest BCUT2D eigenvalue weighted by Gasteiger charge is 2.15. The largest absolute Gasteiger partial charge is 0.378 e. The van der Waals surface area contributed by atoms with Crippen molar-refractivity contribution in [1.82, 2.24) is 9.97 Å². The van der Waals surface area contributed by atoms with E-state index in [0.29, 0.717) is 25.1 Å². The summed E-state index contributed by atoms with van der Waals surface area (Å²) in [7, 11) is 0. The van der Waals surface area contributed by atoms with Crippen LogP contribution in [-0.2, 0) is 4.74 Å². The fourth-order valence-electron chi connectivity index (χ4n) is 1.96. The highest BCUT2D eigenvalue weighted by Crippen LogP contribution is 2.16. The van der Waals surface area contributed by atoms with E-state index in [1.54, 1.807) is 0 Å². The minimum absolute atomic E-state index is 0.249. The molecule has 1 saturated heterocycles. The Morgan fingerprint density at radius 2 is 2.39 bits per heavy atom. The number of hydrogen-bond donors (Lipinski definition) is 2. The van der Waals surface area contributed by atoms with Gasteiger partial charge < -0.3 is 15.4 Å². The molecule has 1 aromatic heterocycles. The van der Waals surface area contributed by atoms with E-state index >= 15 is 0 Å². The van der Waals surface area contributed by atoms with Gasteiger partial charge in [0.2, 0.25) is 5.95 Å². The smallest absolute Gasteiger partial charge is 0.224 e. The van der Waals surface area contributed by atoms with E-state index in [-0.39, 0.29) is 5.82 Å². The summed E-state index contributed by atoms with van der Waals surface area (Å²) in [5, 5.41) is 5.95. The predicted octanol–water partition coefficient (Wildman–Crippen LogP) is 2.03. The average Bonchev–Trinajstić information content (AvgIpc) is 2.86. The number of hydrogen-bond acceptors (Lipinski definition) is 5. The van der Waals surface area contributed by atoms with E-state index in [9.17, 15) is 4.39 Å². The van der Waals surface area contributed by atoms with Crippen molar-refractivity contribution in [2.75, 3.05) is 30.3 Å². The molecule has 0 aromatic carbocycles. The highest BCUT2D eigenvalue weighted by molar-refractivity contribution is 5.40. The summed E-state index contributed by atoms with van der Waals surface area (Å²) < 4.78 is 19.0. The first-order valence-electron chi connectivity index (χ1n) is 6.41. The Bertz CT molecular complexity index is 382. The molecule has 1 aliphatic rings. The molecule has 1 aliphatic heterocycles. The van der Waals surface area contributed by atoms with Gasteiger partial charge in [0.1, 0.15) is 0 Å². The summed E-state index contributed by atoms with van der Waals surface area (Å²) in [4.78, 5) is 7.93. The second-order valence-corrected chi connectivity index (χ2v) is 4.27. The number of rotatable bonds is 6. The summed E-state index contributed by atoms with van der Waals surface area (Å²) >= 11 is 0. The van der Waals surface area contributed by atoms with Gasteiger partial charge in [-0.25, -0.2) is 9.37 Å². The maximum Gasteiger partial charge on any atom is 0.224 e. The molecule has 2 rings (SSSR count). The van der Waals surface area contributed by atoms with Crippen LogP contribution in [0.25, 0.3) is 0 Å². The molecule has 1 atom stereocenters. The van der Waals surface area contributed by atoms with Crippen molar-refractivity contribution in [2.45, 2.75) is 32.3 Å². The van der Waals surface area contributed by atoms with Gasteiger partial charge in [-0.2, -0.15) is 4.98 Å². The molecular weight excluding hydrogens is 235 g/mol. The first-order valence-corrected chi connectivity index (χ1v) is 6.41. The summed E-state index contributed by atoms with van der Waals surface area (Å²) in [6.07, 6.45) is 4.57. The van der Waals surface area contributed by atoms with E-state index in [4.69, 9.17) is 4.74 Å². The zero-order valence-electron chi connectivity index (χ0n) is 10.6. The van der Waals surface area contributed by atoms with Crippen LogP contribution < -0.4 is 10.6 Å². The van der Waals surface area contributed by atoms with Crippen LogP contribution in [0.4, 0.5) is 16.2 Å². The zero-order chi connectivity index (χ0) is 12.8. The van der Waals surface area contributed by atoms with E-state index in [0.717, 1.165) is 25.9 Å². The quantitative estimate of drug-likeness (QED) is 0.813. The lowest BCUT2D eigenvalue weighted by atomic mass is 10.2. The van der Waals surface area contributed by atoms with E-state index in [2.05, 4.69) is 20.6 Å². The predicted molar refractivity (Wildman–Crippen MR) is 68.2 cm³/mol. The van der Waals surface area contributed by atoms with Gasteiger partial charge in [0.15, 0.2) is 11.6 Å². The Morgan fingerprint density at radius 1 is 1.50 bits per heavy atom. The van der Waals surface area contributed by atoms with Crippen molar-refractivity contribution in [3.8, 4) is 0 Å². The molecule has 1 fully saturated rings. The van der Waals surface area contributed by atoms with Crippen LogP contribution >= 0.6 is 0 Å². The molecule has 2 heterocycles. The van der Waals surface area contributed by atoms with Gasteiger partial charge in [-0.3, -0.25) is 0 Å². The maximum absolute atomic E-state index is 13.5. The van der Waals surface area contributed by atoms with Crippen LogP contribution in [0.5, 0.6) is 0 Å². The minimum atomic E-state index is -0.427. The van der Waals surface area contributed by atoms with Gasteiger partial charge in [-0.1, -0.05) is 0 Å². The number of halogens is 1. The normalized spacial score (nSPS) is 18.9. The number of aromatic nitrogens is 2. The molecule has 0 aliphatic carbocycles. The molecule has 1 unspecified atom stereocenters. The Morgan fingerprint density at radius 3 is 3.11 bits per heavy atom. The van der Waals surface area contributed by atoms with Gasteiger partial charge in [0.25, 0.3) is 0 Å². The molecular formula is C12H19FN4O. The van der Waals surface area contributed by atoms with Crippen LogP contribution in [-0.4, -0.2) is 35.8 Å². The van der Waals surface area contributed by atoms with Crippen molar-refractivity contribution in [2.24, 2.45) is 0 Å². The minimum Gasteiger partial charge on any atom is -0.378 e.